The maximum Gasteiger partial charge on any atom is 0.414 e. The van der Waals surface area contributed by atoms with Gasteiger partial charge >= 0.3 is 12.1 Å². The van der Waals surface area contributed by atoms with Gasteiger partial charge in [0.15, 0.2) is 0 Å². The Morgan fingerprint density at radius 3 is 2.47 bits per heavy atom. The first kappa shape index (κ1) is 23.4. The molecule has 0 spiro atoms. The predicted octanol–water partition coefficient (Wildman–Crippen LogP) is 3.65. The molecule has 30 heavy (non-hydrogen) atoms. The number of hydrogen-bond acceptors (Lipinski definition) is 6. The van der Waals surface area contributed by atoms with Crippen molar-refractivity contribution in [3.05, 3.63) is 35.4 Å². The first-order valence-electron chi connectivity index (χ1n) is 10.1. The Kier molecular flexibility index (Phi) is 7.23. The van der Waals surface area contributed by atoms with Crippen molar-refractivity contribution < 1.29 is 23.9 Å². The number of ether oxygens (including phenoxy) is 2. The molecule has 8 heteroatoms. The van der Waals surface area contributed by atoms with Gasteiger partial charge in [-0.25, -0.2) is 14.6 Å². The summed E-state index contributed by atoms with van der Waals surface area (Å²) in [5, 5.41) is 2.65. The molecular formula is C22H31N3O5. The lowest BCUT2D eigenvalue weighted by Crippen LogP contribution is -2.54. The number of aliphatic imine (C=N–C) groups is 1. The Morgan fingerprint density at radius 1 is 1.23 bits per heavy atom. The zero-order valence-electron chi connectivity index (χ0n) is 18.6. The van der Waals surface area contributed by atoms with Crippen LogP contribution < -0.4 is 5.32 Å². The summed E-state index contributed by atoms with van der Waals surface area (Å²) in [6, 6.07) is 6.81. The molecule has 0 atom stereocenters. The van der Waals surface area contributed by atoms with E-state index < -0.39 is 23.2 Å². The highest BCUT2D eigenvalue weighted by atomic mass is 16.6. The number of alkyl carbamates (subject to hydrolysis) is 1. The molecule has 2 amide bonds. The van der Waals surface area contributed by atoms with Gasteiger partial charge in [0, 0.05) is 0 Å². The van der Waals surface area contributed by atoms with Crippen LogP contribution in [0.15, 0.2) is 29.3 Å². The minimum absolute atomic E-state index is 0.150. The third kappa shape index (κ3) is 5.81. The van der Waals surface area contributed by atoms with E-state index in [1.165, 1.54) is 12.0 Å². The van der Waals surface area contributed by atoms with E-state index in [-0.39, 0.29) is 24.8 Å². The van der Waals surface area contributed by atoms with Gasteiger partial charge in [-0.15, -0.1) is 0 Å². The molecule has 2 rings (SSSR count). The Labute approximate surface area is 177 Å². The highest BCUT2D eigenvalue weighted by molar-refractivity contribution is 6.05. The molecule has 0 unspecified atom stereocenters. The number of nitrogens with zero attached hydrogens (tertiary/aromatic N) is 2. The van der Waals surface area contributed by atoms with Crippen molar-refractivity contribution in [3.8, 4) is 0 Å². The molecule has 1 aromatic rings. The molecule has 0 fully saturated rings. The zero-order chi connectivity index (χ0) is 22.5. The number of nitrogens with one attached hydrogen (secondary N) is 1. The smallest absolute Gasteiger partial charge is 0.414 e. The van der Waals surface area contributed by atoms with Crippen molar-refractivity contribution in [2.45, 2.75) is 71.6 Å². The van der Waals surface area contributed by atoms with Gasteiger partial charge in [0.05, 0.1) is 31.2 Å². The van der Waals surface area contributed by atoms with Crippen LogP contribution in [0.4, 0.5) is 4.79 Å². The standard InChI is InChI=1S/C22H31N3O5/c1-7-22(8-2)13-17(26)25(19(24-22)23-20(28)30-21(3,4)5)14-15-10-9-11-16(12-15)18(27)29-6/h9-12H,7-8,13-14H2,1-6H3,(H,23,24,28). The second-order valence-electron chi connectivity index (χ2n) is 8.34. The maximum absolute atomic E-state index is 13.0. The van der Waals surface area contributed by atoms with E-state index >= 15 is 0 Å². The average Bonchev–Trinajstić information content (AvgIpc) is 2.68. The summed E-state index contributed by atoms with van der Waals surface area (Å²) in [5.41, 5.74) is -0.151. The molecule has 1 aliphatic rings. The molecule has 0 aliphatic carbocycles. The van der Waals surface area contributed by atoms with Crippen LogP contribution in [0.5, 0.6) is 0 Å². The summed E-state index contributed by atoms with van der Waals surface area (Å²) in [6.45, 7) is 9.39. The average molecular weight is 418 g/mol. The lowest BCUT2D eigenvalue weighted by molar-refractivity contribution is -0.130. The van der Waals surface area contributed by atoms with Crippen molar-refractivity contribution >= 4 is 23.9 Å². The fourth-order valence-electron chi connectivity index (χ4n) is 3.23. The molecule has 1 aliphatic heterocycles. The third-order valence-corrected chi connectivity index (χ3v) is 5.00. The van der Waals surface area contributed by atoms with Gasteiger partial charge in [0.2, 0.25) is 11.9 Å². The van der Waals surface area contributed by atoms with Crippen LogP contribution >= 0.6 is 0 Å². The first-order valence-corrected chi connectivity index (χ1v) is 10.1. The summed E-state index contributed by atoms with van der Waals surface area (Å²) in [6.07, 6.45) is 0.905. The summed E-state index contributed by atoms with van der Waals surface area (Å²) in [4.78, 5) is 43.4. The van der Waals surface area contributed by atoms with Crippen LogP contribution in [0.2, 0.25) is 0 Å². The molecule has 0 radical (unpaired) electrons. The fraction of sp³-hybridized carbons (Fsp3) is 0.545. The minimum Gasteiger partial charge on any atom is -0.465 e. The normalized spacial score (nSPS) is 16.0. The van der Waals surface area contributed by atoms with Crippen LogP contribution in [0.25, 0.3) is 0 Å². The van der Waals surface area contributed by atoms with Crippen LogP contribution in [0, 0.1) is 0 Å². The molecule has 0 aromatic heterocycles. The van der Waals surface area contributed by atoms with E-state index in [1.807, 2.05) is 13.8 Å². The summed E-state index contributed by atoms with van der Waals surface area (Å²) in [5.74, 6) is -0.450. The van der Waals surface area contributed by atoms with Crippen LogP contribution in [-0.2, 0) is 20.8 Å². The molecule has 0 bridgehead atoms. The molecular weight excluding hydrogens is 386 g/mol. The van der Waals surface area contributed by atoms with Gasteiger partial charge in [0.25, 0.3) is 0 Å². The fourth-order valence-corrected chi connectivity index (χ4v) is 3.23. The second kappa shape index (κ2) is 9.28. The highest BCUT2D eigenvalue weighted by Crippen LogP contribution is 2.30. The number of methoxy groups -OCH3 is 1. The van der Waals surface area contributed by atoms with E-state index in [4.69, 9.17) is 14.5 Å². The van der Waals surface area contributed by atoms with Gasteiger partial charge in [0.1, 0.15) is 5.60 Å². The van der Waals surface area contributed by atoms with Gasteiger partial charge < -0.3 is 9.47 Å². The highest BCUT2D eigenvalue weighted by Gasteiger charge is 2.39. The number of benzene rings is 1. The molecule has 1 aromatic carbocycles. The van der Waals surface area contributed by atoms with Crippen molar-refractivity contribution in [2.75, 3.05) is 7.11 Å². The number of carbonyl (C=O) groups is 3. The van der Waals surface area contributed by atoms with Crippen molar-refractivity contribution in [1.29, 1.82) is 0 Å². The van der Waals surface area contributed by atoms with Gasteiger partial charge in [-0.1, -0.05) is 26.0 Å². The molecule has 0 saturated heterocycles. The lowest BCUT2D eigenvalue weighted by Gasteiger charge is -2.37. The van der Waals surface area contributed by atoms with Gasteiger partial charge in [-0.2, -0.15) is 0 Å². The maximum atomic E-state index is 13.0. The third-order valence-electron chi connectivity index (χ3n) is 5.00. The largest absolute Gasteiger partial charge is 0.465 e. The van der Waals surface area contributed by atoms with Crippen molar-refractivity contribution in [2.24, 2.45) is 4.99 Å². The van der Waals surface area contributed by atoms with E-state index in [9.17, 15) is 14.4 Å². The van der Waals surface area contributed by atoms with Crippen molar-refractivity contribution in [1.82, 2.24) is 10.2 Å². The van der Waals surface area contributed by atoms with Crippen molar-refractivity contribution in [3.63, 3.8) is 0 Å². The summed E-state index contributed by atoms with van der Waals surface area (Å²) >= 11 is 0. The number of rotatable bonds is 5. The van der Waals surface area contributed by atoms with Crippen LogP contribution in [0.1, 0.15) is 69.8 Å². The molecule has 8 nitrogen and oxygen atoms in total. The second-order valence-corrected chi connectivity index (χ2v) is 8.34. The topological polar surface area (TPSA) is 97.3 Å². The van der Waals surface area contributed by atoms with E-state index in [2.05, 4.69) is 5.32 Å². The summed E-state index contributed by atoms with van der Waals surface area (Å²) in [7, 11) is 1.31. The monoisotopic (exact) mass is 417 g/mol. The predicted molar refractivity (Wildman–Crippen MR) is 113 cm³/mol. The molecule has 1 N–H and O–H groups in total. The van der Waals surface area contributed by atoms with Gasteiger partial charge in [-0.3, -0.25) is 15.0 Å². The summed E-state index contributed by atoms with van der Waals surface area (Å²) < 4.78 is 10.1. The molecule has 164 valence electrons. The minimum atomic E-state index is -0.685. The Hall–Kier alpha value is -2.90. The number of esters is 1. The SMILES string of the molecule is CCC1(CC)CC(=O)N(Cc2cccc(C(=O)OC)c2)C(NC(=O)OC(C)(C)C)=N1. The number of guanidine groups is 1. The first-order chi connectivity index (χ1) is 14.0. The quantitative estimate of drug-likeness (QED) is 0.738. The number of carbonyl (C=O) groups excluding carboxylic acids is 3. The van der Waals surface area contributed by atoms with E-state index in [0.717, 1.165) is 0 Å². The number of hydrogen-bond donors (Lipinski definition) is 1. The molecule has 0 saturated carbocycles. The number of amides is 2. The molecule has 1 heterocycles. The van der Waals surface area contributed by atoms with Crippen LogP contribution in [-0.4, -0.2) is 47.1 Å². The van der Waals surface area contributed by atoms with E-state index in [0.29, 0.717) is 24.0 Å². The lowest BCUT2D eigenvalue weighted by atomic mass is 9.88. The Balaban J connectivity index is 2.36. The Bertz CT molecular complexity index is 837. The Morgan fingerprint density at radius 2 is 1.90 bits per heavy atom. The van der Waals surface area contributed by atoms with Gasteiger partial charge in [-0.05, 0) is 51.3 Å². The van der Waals surface area contributed by atoms with Crippen LogP contribution in [0.3, 0.4) is 0 Å². The van der Waals surface area contributed by atoms with E-state index in [1.54, 1.807) is 45.0 Å². The zero-order valence-corrected chi connectivity index (χ0v) is 18.6.